The second-order valence-electron chi connectivity index (χ2n) is 6.23. The number of rotatable bonds is 3. The molecule has 0 radical (unpaired) electrons. The van der Waals surface area contributed by atoms with E-state index in [1.807, 2.05) is 0 Å². The van der Waals surface area contributed by atoms with Crippen LogP contribution in [0.15, 0.2) is 18.2 Å². The monoisotopic (exact) mass is 313 g/mol. The Hall–Kier alpha value is -1.24. The average molecular weight is 313 g/mol. The maximum atomic E-state index is 13.3. The SMILES string of the molecule is OCC1CC[C@H](Nc2ccc(F)c(F)c2)[C@]2(O)CCCOC12. The first-order valence-corrected chi connectivity index (χ1v) is 7.71. The summed E-state index contributed by atoms with van der Waals surface area (Å²) in [6.07, 6.45) is 2.23. The number of halogens is 2. The van der Waals surface area contributed by atoms with E-state index in [0.29, 0.717) is 31.6 Å². The molecular weight excluding hydrogens is 292 g/mol. The molecule has 3 N–H and O–H groups in total. The predicted molar refractivity (Wildman–Crippen MR) is 77.5 cm³/mol. The molecule has 6 heteroatoms. The van der Waals surface area contributed by atoms with Crippen LogP contribution in [-0.4, -0.2) is 41.2 Å². The van der Waals surface area contributed by atoms with E-state index in [1.165, 1.54) is 6.07 Å². The van der Waals surface area contributed by atoms with Crippen LogP contribution in [0.1, 0.15) is 25.7 Å². The highest BCUT2D eigenvalue weighted by Crippen LogP contribution is 2.42. The summed E-state index contributed by atoms with van der Waals surface area (Å²) < 4.78 is 32.1. The molecule has 2 aliphatic rings. The first-order valence-electron chi connectivity index (χ1n) is 7.71. The van der Waals surface area contributed by atoms with Crippen molar-refractivity contribution in [2.45, 2.75) is 43.4 Å². The van der Waals surface area contributed by atoms with E-state index in [1.54, 1.807) is 0 Å². The molecule has 2 fully saturated rings. The van der Waals surface area contributed by atoms with Gasteiger partial charge in [-0.25, -0.2) is 8.78 Å². The molecule has 22 heavy (non-hydrogen) atoms. The summed E-state index contributed by atoms with van der Waals surface area (Å²) in [5, 5.41) is 23.7. The normalized spacial score (nSPS) is 35.0. The molecule has 4 atom stereocenters. The molecule has 4 nitrogen and oxygen atoms in total. The van der Waals surface area contributed by atoms with Crippen molar-refractivity contribution in [3.05, 3.63) is 29.8 Å². The molecule has 0 spiro atoms. The van der Waals surface area contributed by atoms with Gasteiger partial charge in [0.15, 0.2) is 11.6 Å². The van der Waals surface area contributed by atoms with Gasteiger partial charge in [-0.15, -0.1) is 0 Å². The zero-order valence-electron chi connectivity index (χ0n) is 12.3. The molecule has 0 amide bonds. The van der Waals surface area contributed by atoms with Crippen molar-refractivity contribution in [3.8, 4) is 0 Å². The molecule has 1 saturated heterocycles. The van der Waals surface area contributed by atoms with Crippen molar-refractivity contribution >= 4 is 5.69 Å². The Morgan fingerprint density at radius 3 is 2.82 bits per heavy atom. The van der Waals surface area contributed by atoms with Gasteiger partial charge >= 0.3 is 0 Å². The topological polar surface area (TPSA) is 61.7 Å². The highest BCUT2D eigenvalue weighted by molar-refractivity contribution is 5.45. The van der Waals surface area contributed by atoms with Gasteiger partial charge in [-0.3, -0.25) is 0 Å². The molecule has 1 heterocycles. The van der Waals surface area contributed by atoms with Crippen molar-refractivity contribution in [1.29, 1.82) is 0 Å². The standard InChI is InChI=1S/C16H21F2NO3/c17-12-4-3-11(8-13(12)18)19-14-5-2-10(9-20)15-16(14,21)6-1-7-22-15/h3-4,8,10,14-15,19-21H,1-2,5-7,9H2/t10?,14-,15?,16+/m0/s1. The van der Waals surface area contributed by atoms with E-state index >= 15 is 0 Å². The Bertz CT molecular complexity index is 542. The minimum absolute atomic E-state index is 0.0229. The van der Waals surface area contributed by atoms with Crippen LogP contribution in [0.4, 0.5) is 14.5 Å². The molecule has 1 aliphatic carbocycles. The van der Waals surface area contributed by atoms with Crippen molar-refractivity contribution < 1.29 is 23.7 Å². The summed E-state index contributed by atoms with van der Waals surface area (Å²) in [5.41, 5.74) is -0.668. The van der Waals surface area contributed by atoms with Crippen LogP contribution in [0.2, 0.25) is 0 Å². The lowest BCUT2D eigenvalue weighted by molar-refractivity contribution is -0.195. The fraction of sp³-hybridized carbons (Fsp3) is 0.625. The minimum Gasteiger partial charge on any atom is -0.396 e. The van der Waals surface area contributed by atoms with E-state index in [4.69, 9.17) is 4.74 Å². The molecule has 122 valence electrons. The van der Waals surface area contributed by atoms with Crippen LogP contribution in [0, 0.1) is 17.6 Å². The number of nitrogens with one attached hydrogen (secondary N) is 1. The van der Waals surface area contributed by atoms with E-state index in [-0.39, 0.29) is 18.6 Å². The van der Waals surface area contributed by atoms with Crippen molar-refractivity contribution in [2.75, 3.05) is 18.5 Å². The molecule has 2 unspecified atom stereocenters. The lowest BCUT2D eigenvalue weighted by Gasteiger charge is -2.51. The molecule has 1 saturated carbocycles. The van der Waals surface area contributed by atoms with Gasteiger partial charge in [0.25, 0.3) is 0 Å². The van der Waals surface area contributed by atoms with Crippen LogP contribution >= 0.6 is 0 Å². The highest BCUT2D eigenvalue weighted by Gasteiger charge is 2.52. The van der Waals surface area contributed by atoms with Gasteiger partial charge in [-0.1, -0.05) is 0 Å². The molecular formula is C16H21F2NO3. The van der Waals surface area contributed by atoms with Crippen molar-refractivity contribution in [1.82, 2.24) is 0 Å². The third kappa shape index (κ3) is 2.71. The van der Waals surface area contributed by atoms with Crippen LogP contribution < -0.4 is 5.32 Å². The lowest BCUT2D eigenvalue weighted by atomic mass is 9.69. The molecule has 3 rings (SSSR count). The fourth-order valence-electron chi connectivity index (χ4n) is 3.72. The minimum atomic E-state index is -1.10. The number of ether oxygens (including phenoxy) is 1. The van der Waals surface area contributed by atoms with Gasteiger partial charge in [-0.05, 0) is 37.8 Å². The maximum Gasteiger partial charge on any atom is 0.160 e. The summed E-state index contributed by atoms with van der Waals surface area (Å²) in [5.74, 6) is -1.90. The zero-order chi connectivity index (χ0) is 15.7. The van der Waals surface area contributed by atoms with Gasteiger partial charge in [-0.2, -0.15) is 0 Å². The lowest BCUT2D eigenvalue weighted by Crippen LogP contribution is -2.64. The van der Waals surface area contributed by atoms with Crippen LogP contribution in [0.25, 0.3) is 0 Å². The number of benzene rings is 1. The fourth-order valence-corrected chi connectivity index (χ4v) is 3.72. The smallest absolute Gasteiger partial charge is 0.160 e. The first kappa shape index (κ1) is 15.6. The summed E-state index contributed by atoms with van der Waals surface area (Å²) in [6, 6.07) is 3.30. The van der Waals surface area contributed by atoms with E-state index < -0.39 is 23.3 Å². The molecule has 0 bridgehead atoms. The molecule has 1 aliphatic heterocycles. The second-order valence-corrected chi connectivity index (χ2v) is 6.23. The number of hydrogen-bond acceptors (Lipinski definition) is 4. The van der Waals surface area contributed by atoms with Gasteiger partial charge in [0.05, 0.1) is 12.1 Å². The number of aliphatic hydroxyl groups excluding tert-OH is 1. The molecule has 0 aromatic heterocycles. The Morgan fingerprint density at radius 2 is 2.09 bits per heavy atom. The zero-order valence-corrected chi connectivity index (χ0v) is 12.3. The van der Waals surface area contributed by atoms with Crippen molar-refractivity contribution in [2.24, 2.45) is 5.92 Å². The van der Waals surface area contributed by atoms with Gasteiger partial charge in [0.2, 0.25) is 0 Å². The Morgan fingerprint density at radius 1 is 1.27 bits per heavy atom. The van der Waals surface area contributed by atoms with Crippen LogP contribution in [0.3, 0.4) is 0 Å². The van der Waals surface area contributed by atoms with Gasteiger partial charge < -0.3 is 20.3 Å². The Kier molecular flexibility index (Phi) is 4.34. The Balaban J connectivity index is 1.81. The third-order valence-corrected chi connectivity index (χ3v) is 4.86. The highest BCUT2D eigenvalue weighted by atomic mass is 19.2. The summed E-state index contributed by atoms with van der Waals surface area (Å²) in [4.78, 5) is 0. The summed E-state index contributed by atoms with van der Waals surface area (Å²) in [6.45, 7) is 0.548. The largest absolute Gasteiger partial charge is 0.396 e. The van der Waals surface area contributed by atoms with E-state index in [2.05, 4.69) is 5.32 Å². The quantitative estimate of drug-likeness (QED) is 0.799. The maximum absolute atomic E-state index is 13.3. The van der Waals surface area contributed by atoms with E-state index in [0.717, 1.165) is 18.6 Å². The number of anilines is 1. The first-order chi connectivity index (χ1) is 10.5. The number of aliphatic hydroxyl groups is 2. The van der Waals surface area contributed by atoms with Gasteiger partial charge in [0, 0.05) is 30.9 Å². The summed E-state index contributed by atoms with van der Waals surface area (Å²) in [7, 11) is 0. The average Bonchev–Trinajstić information content (AvgIpc) is 2.51. The number of hydrogen-bond donors (Lipinski definition) is 3. The summed E-state index contributed by atoms with van der Waals surface area (Å²) >= 11 is 0. The Labute approximate surface area is 128 Å². The molecule has 1 aromatic carbocycles. The van der Waals surface area contributed by atoms with E-state index in [9.17, 15) is 19.0 Å². The van der Waals surface area contributed by atoms with Crippen LogP contribution in [0.5, 0.6) is 0 Å². The molecule has 1 aromatic rings. The predicted octanol–water partition coefficient (Wildman–Crippen LogP) is 2.06. The van der Waals surface area contributed by atoms with Crippen LogP contribution in [-0.2, 0) is 4.74 Å². The third-order valence-electron chi connectivity index (χ3n) is 4.86. The van der Waals surface area contributed by atoms with Crippen molar-refractivity contribution in [3.63, 3.8) is 0 Å². The second kappa shape index (κ2) is 6.10. The van der Waals surface area contributed by atoms with Gasteiger partial charge in [0.1, 0.15) is 5.60 Å². The number of fused-ring (bicyclic) bond motifs is 1.